The molecule has 0 atom stereocenters. The predicted octanol–water partition coefficient (Wildman–Crippen LogP) is 3.09. The lowest BCUT2D eigenvalue weighted by molar-refractivity contribution is 0.0601. The third-order valence-electron chi connectivity index (χ3n) is 3.37. The van der Waals surface area contributed by atoms with E-state index in [-0.39, 0.29) is 5.91 Å². The molecule has 0 aliphatic rings. The van der Waals surface area contributed by atoms with Crippen molar-refractivity contribution in [1.82, 2.24) is 10.2 Å². The largest absolute Gasteiger partial charge is 0.465 e. The van der Waals surface area contributed by atoms with Crippen LogP contribution in [0.15, 0.2) is 17.5 Å². The second-order valence-corrected chi connectivity index (χ2v) is 7.80. The van der Waals surface area contributed by atoms with E-state index in [1.807, 2.05) is 17.5 Å². The van der Waals surface area contributed by atoms with Crippen LogP contribution >= 0.6 is 34.9 Å². The van der Waals surface area contributed by atoms with Gasteiger partial charge < -0.3 is 20.3 Å². The summed E-state index contributed by atoms with van der Waals surface area (Å²) in [5.41, 5.74) is 0.914. The Labute approximate surface area is 159 Å². The Morgan fingerprint density at radius 3 is 2.64 bits per heavy atom. The lowest BCUT2D eigenvalue weighted by atomic mass is 10.1. The number of methoxy groups -OCH3 is 1. The predicted molar refractivity (Wildman–Crippen MR) is 106 cm³/mol. The molecule has 0 aromatic carbocycles. The Kier molecular flexibility index (Phi) is 6.51. The maximum atomic E-state index is 12.3. The molecule has 0 fully saturated rings. The number of anilines is 1. The minimum Gasteiger partial charge on any atom is -0.465 e. The van der Waals surface area contributed by atoms with Crippen molar-refractivity contribution in [3.05, 3.63) is 38.4 Å². The number of thiocarbonyl (C=S) groups is 1. The minimum atomic E-state index is -0.505. The average molecular weight is 398 g/mol. The highest BCUT2D eigenvalue weighted by atomic mass is 32.1. The van der Waals surface area contributed by atoms with Crippen LogP contribution in [-0.4, -0.2) is 43.1 Å². The van der Waals surface area contributed by atoms with Gasteiger partial charge in [-0.2, -0.15) is 0 Å². The van der Waals surface area contributed by atoms with Gasteiger partial charge in [0, 0.05) is 19.0 Å². The van der Waals surface area contributed by atoms with Crippen molar-refractivity contribution < 1.29 is 14.3 Å². The van der Waals surface area contributed by atoms with Crippen LogP contribution in [0, 0.1) is 6.92 Å². The molecule has 0 radical (unpaired) electrons. The van der Waals surface area contributed by atoms with E-state index in [9.17, 15) is 9.59 Å². The Morgan fingerprint density at radius 1 is 1.36 bits per heavy atom. The van der Waals surface area contributed by atoms with Crippen molar-refractivity contribution in [2.24, 2.45) is 0 Å². The summed E-state index contributed by atoms with van der Waals surface area (Å²) in [6, 6.07) is 3.97. The Balaban J connectivity index is 2.22. The fourth-order valence-corrected chi connectivity index (χ4v) is 4.19. The fraction of sp³-hybridized carbons (Fsp3) is 0.312. The molecule has 6 nitrogen and oxygen atoms in total. The summed E-state index contributed by atoms with van der Waals surface area (Å²) in [6.45, 7) is 2.32. The Hall–Kier alpha value is -1.97. The number of hydrogen-bond donors (Lipinski definition) is 2. The molecule has 0 saturated carbocycles. The highest BCUT2D eigenvalue weighted by molar-refractivity contribution is 7.80. The van der Waals surface area contributed by atoms with Crippen molar-refractivity contribution in [2.45, 2.75) is 13.5 Å². The van der Waals surface area contributed by atoms with Gasteiger partial charge in [-0.05, 0) is 36.2 Å². The van der Waals surface area contributed by atoms with Gasteiger partial charge in [0.2, 0.25) is 0 Å². The molecule has 0 saturated heterocycles. The van der Waals surface area contributed by atoms with Crippen LogP contribution < -0.4 is 10.6 Å². The SMILES string of the molecule is COC(=O)c1c(NC(=S)NCc2cccs2)sc(C(=O)N(C)C)c1C. The number of nitrogens with one attached hydrogen (secondary N) is 2. The summed E-state index contributed by atoms with van der Waals surface area (Å²) in [4.78, 5) is 27.6. The molecule has 2 N–H and O–H groups in total. The van der Waals surface area contributed by atoms with E-state index in [0.29, 0.717) is 32.7 Å². The van der Waals surface area contributed by atoms with E-state index < -0.39 is 5.97 Å². The third kappa shape index (κ3) is 4.56. The van der Waals surface area contributed by atoms with E-state index in [2.05, 4.69) is 10.6 Å². The number of nitrogens with zero attached hydrogens (tertiary/aromatic N) is 1. The van der Waals surface area contributed by atoms with Gasteiger partial charge in [-0.3, -0.25) is 4.79 Å². The second kappa shape index (κ2) is 8.41. The molecule has 0 aliphatic carbocycles. The van der Waals surface area contributed by atoms with E-state index in [4.69, 9.17) is 17.0 Å². The highest BCUT2D eigenvalue weighted by Gasteiger charge is 2.26. The number of esters is 1. The summed E-state index contributed by atoms with van der Waals surface area (Å²) >= 11 is 8.12. The molecular weight excluding hydrogens is 378 g/mol. The summed E-state index contributed by atoms with van der Waals surface area (Å²) in [7, 11) is 4.64. The van der Waals surface area contributed by atoms with Crippen molar-refractivity contribution in [3.63, 3.8) is 0 Å². The zero-order valence-electron chi connectivity index (χ0n) is 14.3. The van der Waals surface area contributed by atoms with Crippen LogP contribution in [0.3, 0.4) is 0 Å². The summed E-state index contributed by atoms with van der Waals surface area (Å²) in [5, 5.41) is 8.97. The van der Waals surface area contributed by atoms with Gasteiger partial charge in [-0.1, -0.05) is 6.07 Å². The zero-order valence-corrected chi connectivity index (χ0v) is 16.8. The van der Waals surface area contributed by atoms with Gasteiger partial charge in [0.05, 0.1) is 24.1 Å². The van der Waals surface area contributed by atoms with E-state index >= 15 is 0 Å². The van der Waals surface area contributed by atoms with E-state index in [1.165, 1.54) is 23.3 Å². The van der Waals surface area contributed by atoms with E-state index in [0.717, 1.165) is 4.88 Å². The van der Waals surface area contributed by atoms with Gasteiger partial charge in [0.15, 0.2) is 5.11 Å². The number of amides is 1. The molecule has 0 bridgehead atoms. The first-order valence-corrected chi connectivity index (χ1v) is 9.46. The van der Waals surface area contributed by atoms with Crippen LogP contribution in [0.5, 0.6) is 0 Å². The number of thiophene rings is 2. The van der Waals surface area contributed by atoms with Gasteiger partial charge in [-0.15, -0.1) is 22.7 Å². The molecule has 0 unspecified atom stereocenters. The standard InChI is InChI=1S/C16H19N3O3S3/c1-9-11(15(21)22-4)13(25-12(9)14(20)19(2)3)18-16(23)17-8-10-6-5-7-24-10/h5-7H,8H2,1-4H3,(H2,17,18,23). The van der Waals surface area contributed by atoms with Gasteiger partial charge in [0.25, 0.3) is 5.91 Å². The Morgan fingerprint density at radius 2 is 2.08 bits per heavy atom. The lowest BCUT2D eigenvalue weighted by Gasteiger charge is -2.09. The maximum absolute atomic E-state index is 12.3. The molecule has 0 aliphatic heterocycles. The number of ether oxygens (including phenoxy) is 1. The molecule has 2 heterocycles. The smallest absolute Gasteiger partial charge is 0.341 e. The van der Waals surface area contributed by atoms with E-state index in [1.54, 1.807) is 32.4 Å². The Bertz CT molecular complexity index is 782. The number of carbonyl (C=O) groups is 2. The van der Waals surface area contributed by atoms with Gasteiger partial charge in [0.1, 0.15) is 5.00 Å². The molecule has 25 heavy (non-hydrogen) atoms. The van der Waals surface area contributed by atoms with Crippen LogP contribution in [0.4, 0.5) is 5.00 Å². The summed E-state index contributed by atoms with van der Waals surface area (Å²) < 4.78 is 4.85. The highest BCUT2D eigenvalue weighted by Crippen LogP contribution is 2.34. The molecule has 1 amide bonds. The topological polar surface area (TPSA) is 70.7 Å². The zero-order chi connectivity index (χ0) is 18.6. The van der Waals surface area contributed by atoms with Gasteiger partial charge in [-0.25, -0.2) is 4.79 Å². The normalized spacial score (nSPS) is 10.2. The number of rotatable bonds is 5. The monoisotopic (exact) mass is 397 g/mol. The number of hydrogen-bond acceptors (Lipinski definition) is 6. The van der Waals surface area contributed by atoms with Crippen molar-refractivity contribution in [1.29, 1.82) is 0 Å². The molecule has 2 rings (SSSR count). The van der Waals surface area contributed by atoms with Crippen LogP contribution in [0.1, 0.15) is 30.5 Å². The first kappa shape index (κ1) is 19.4. The van der Waals surface area contributed by atoms with Gasteiger partial charge >= 0.3 is 5.97 Å². The number of carbonyl (C=O) groups excluding carboxylic acids is 2. The molecular formula is C16H19N3O3S3. The van der Waals surface area contributed by atoms with Crippen LogP contribution in [0.2, 0.25) is 0 Å². The van der Waals surface area contributed by atoms with Crippen LogP contribution in [0.25, 0.3) is 0 Å². The molecule has 2 aromatic rings. The first-order valence-electron chi connectivity index (χ1n) is 7.35. The minimum absolute atomic E-state index is 0.168. The third-order valence-corrected chi connectivity index (χ3v) is 5.69. The van der Waals surface area contributed by atoms with Crippen molar-refractivity contribution >= 4 is 56.9 Å². The first-order chi connectivity index (χ1) is 11.8. The molecule has 0 spiro atoms. The van der Waals surface area contributed by atoms with Crippen LogP contribution in [-0.2, 0) is 11.3 Å². The summed E-state index contributed by atoms with van der Waals surface area (Å²) in [5.74, 6) is -0.673. The fourth-order valence-electron chi connectivity index (χ4n) is 2.08. The lowest BCUT2D eigenvalue weighted by Crippen LogP contribution is -2.27. The summed E-state index contributed by atoms with van der Waals surface area (Å²) in [6.07, 6.45) is 0. The second-order valence-electron chi connectivity index (χ2n) is 5.34. The van der Waals surface area contributed by atoms with Crippen molar-refractivity contribution in [2.75, 3.05) is 26.5 Å². The van der Waals surface area contributed by atoms with Crippen molar-refractivity contribution in [3.8, 4) is 0 Å². The maximum Gasteiger partial charge on any atom is 0.341 e. The average Bonchev–Trinajstić information content (AvgIpc) is 3.19. The quantitative estimate of drug-likeness (QED) is 0.597. The molecule has 9 heteroatoms. The molecule has 2 aromatic heterocycles. The molecule has 134 valence electrons.